The lowest BCUT2D eigenvalue weighted by atomic mass is 10.0. The van der Waals surface area contributed by atoms with Gasteiger partial charge >= 0.3 is 18.2 Å². The number of hydrogen-bond donors (Lipinski definition) is 15. The third-order valence-corrected chi connectivity index (χ3v) is 19.5. The van der Waals surface area contributed by atoms with Gasteiger partial charge in [0.2, 0.25) is 70.9 Å². The second-order valence-electron chi connectivity index (χ2n) is 28.4. The molecule has 0 saturated carbocycles. The third-order valence-electron chi connectivity index (χ3n) is 18.9. The van der Waals surface area contributed by atoms with Gasteiger partial charge in [0, 0.05) is 51.9 Å². The molecular formula is C79H109N17O18S. The summed E-state index contributed by atoms with van der Waals surface area (Å²) in [5.74, 6) is -11.4. The molecule has 10 atom stereocenters. The van der Waals surface area contributed by atoms with Crippen molar-refractivity contribution >= 4 is 107 Å². The van der Waals surface area contributed by atoms with Crippen molar-refractivity contribution in [3.63, 3.8) is 0 Å². The first-order valence-electron chi connectivity index (χ1n) is 38.4. The number of aliphatic carboxylic acids is 1. The Morgan fingerprint density at radius 1 is 0.470 bits per heavy atom. The number of benzene rings is 4. The summed E-state index contributed by atoms with van der Waals surface area (Å²) in [5, 5.41) is 36.0. The number of likely N-dealkylation sites (tertiary alicyclic amines) is 2. The number of unbranched alkanes of at least 4 members (excludes halogenated alkanes) is 1. The minimum atomic E-state index is -1.71. The average Bonchev–Trinajstić information content (AvgIpc) is 1.67. The van der Waals surface area contributed by atoms with E-state index in [-0.39, 0.29) is 128 Å². The Bertz CT molecular complexity index is 3940. The molecule has 14 amide bonds. The van der Waals surface area contributed by atoms with Gasteiger partial charge in [0.25, 0.3) is 0 Å². The monoisotopic (exact) mass is 1620 g/mol. The van der Waals surface area contributed by atoms with Gasteiger partial charge in [0.15, 0.2) is 5.96 Å². The van der Waals surface area contributed by atoms with Crippen LogP contribution >= 0.6 is 11.8 Å². The van der Waals surface area contributed by atoms with Crippen LogP contribution in [-0.4, -0.2) is 215 Å². The number of ether oxygens (including phenoxy) is 2. The smallest absolute Gasteiger partial charge is 0.408 e. The van der Waals surface area contributed by atoms with Crippen molar-refractivity contribution in [2.24, 2.45) is 33.8 Å². The Balaban J connectivity index is 1.21. The van der Waals surface area contributed by atoms with Crippen LogP contribution in [0.2, 0.25) is 0 Å². The van der Waals surface area contributed by atoms with Crippen LogP contribution in [0.15, 0.2) is 126 Å². The number of thioether (sulfide) groups is 1. The van der Waals surface area contributed by atoms with Crippen molar-refractivity contribution < 1.29 is 86.5 Å². The summed E-state index contributed by atoms with van der Waals surface area (Å²) < 4.78 is 10.8. The van der Waals surface area contributed by atoms with E-state index in [0.29, 0.717) is 28.9 Å². The molecule has 0 aromatic heterocycles. The summed E-state index contributed by atoms with van der Waals surface area (Å²) in [6, 6.07) is 20.8. The van der Waals surface area contributed by atoms with E-state index in [0.717, 1.165) is 5.56 Å². The molecule has 2 fully saturated rings. The fourth-order valence-corrected chi connectivity index (χ4v) is 13.4. The SMILES string of the molecule is CSCC[C@@H](NC(=O)[C@H](CC(C)C)NC(=O)CNC(=O)[C@H](Cc1ccccc1)NC(=O)[C@@H](Cc1ccccc1)NC(=O)[C@H](CCC(N)=O)NC(=O)[C@H](CCC(N)=O)NC(=O)[C@@H]1CCCN1C(=O)[C@H](CCCCNC(=O)OCc1ccccc1)NC(=O)[C@@H]1CCCN1C(=O)[C@H](CCCN=C(N)N)NC(=O)OCc1ccccc1)C(=O)O. The van der Waals surface area contributed by atoms with Crippen LogP contribution in [0.3, 0.4) is 0 Å². The first kappa shape index (κ1) is 92.0. The minimum Gasteiger partial charge on any atom is -0.480 e. The number of primary amides is 2. The second kappa shape index (κ2) is 48.9. The Hall–Kier alpha value is -11.9. The number of nitrogens with one attached hydrogen (secondary N) is 10. The van der Waals surface area contributed by atoms with E-state index in [1.807, 2.05) is 6.07 Å². The summed E-state index contributed by atoms with van der Waals surface area (Å²) in [5.41, 5.74) is 24.8. The van der Waals surface area contributed by atoms with Crippen molar-refractivity contribution in [1.82, 2.24) is 63.0 Å². The summed E-state index contributed by atoms with van der Waals surface area (Å²) in [4.78, 5) is 214. The zero-order valence-electron chi connectivity index (χ0n) is 65.0. The number of nitrogens with two attached hydrogens (primary N) is 4. The van der Waals surface area contributed by atoms with Gasteiger partial charge in [-0.05, 0) is 124 Å². The number of alkyl carbamates (subject to hydrolysis) is 2. The Labute approximate surface area is 672 Å². The van der Waals surface area contributed by atoms with Crippen LogP contribution in [0.4, 0.5) is 9.59 Å². The zero-order valence-corrected chi connectivity index (χ0v) is 65.8. The van der Waals surface area contributed by atoms with E-state index >= 15 is 4.79 Å². The van der Waals surface area contributed by atoms with Crippen molar-refractivity contribution in [3.8, 4) is 0 Å². The molecule has 624 valence electrons. The highest BCUT2D eigenvalue weighted by molar-refractivity contribution is 7.98. The molecule has 2 saturated heterocycles. The highest BCUT2D eigenvalue weighted by Gasteiger charge is 2.43. The van der Waals surface area contributed by atoms with Crippen LogP contribution in [-0.2, 0) is 97.9 Å². The molecule has 36 heteroatoms. The lowest BCUT2D eigenvalue weighted by molar-refractivity contribution is -0.144. The second-order valence-corrected chi connectivity index (χ2v) is 29.4. The number of carboxylic acid groups (broad SMARTS) is 1. The third kappa shape index (κ3) is 33.0. The molecule has 35 nitrogen and oxygen atoms in total. The van der Waals surface area contributed by atoms with Crippen LogP contribution in [0.1, 0.15) is 132 Å². The number of carbonyl (C=O) groups excluding carboxylic acids is 14. The van der Waals surface area contributed by atoms with Crippen molar-refractivity contribution in [2.75, 3.05) is 44.7 Å². The molecule has 0 unspecified atom stereocenters. The van der Waals surface area contributed by atoms with Gasteiger partial charge in [-0.25, -0.2) is 14.4 Å². The summed E-state index contributed by atoms with van der Waals surface area (Å²) in [6.07, 6.45) is -0.502. The number of hydrogen-bond acceptors (Lipinski definition) is 19. The Morgan fingerprint density at radius 3 is 1.37 bits per heavy atom. The standard InChI is InChI=1S/C79H109N17O18S/c1-49(2)43-59(70(103)91-58(76(109)110)37-42-115-3)87-66(99)46-86-67(100)60(44-50-21-8-4-9-22-50)92-71(104)61(45-51-23-10-5-11-24-51)93-69(102)54(33-35-64(80)97)88-68(101)55(34-36-65(81)98)89-72(105)62-31-19-40-95(62)74(107)56(29-16-17-38-85-78(111)113-47-52-25-12-6-13-26-52)90-73(106)63-32-20-41-96(63)75(108)57(30-18-39-84-77(82)83)94-79(112)114-48-53-27-14-7-15-28-53/h4-15,21-28,49,54-63H,16-20,29-48H2,1-3H3,(H2,80,97)(H2,81,98)(H,85,111)(H,86,100)(H,87,99)(H,88,101)(H,89,105)(H,90,106)(H,91,103)(H,92,104)(H,93,102)(H,94,112)(H,109,110)(H4,82,83,84)/t54-,55-,56-,57-,58+,59-,60-,61+,62-,63-/m0/s1. The number of carbonyl (C=O) groups is 15. The number of rotatable bonds is 48. The maximum absolute atomic E-state index is 15.2. The first-order valence-corrected chi connectivity index (χ1v) is 39.8. The number of nitrogens with zero attached hydrogens (tertiary/aromatic N) is 3. The van der Waals surface area contributed by atoms with Gasteiger partial charge < -0.3 is 100 Å². The van der Waals surface area contributed by atoms with E-state index in [1.165, 1.54) is 21.6 Å². The molecule has 115 heavy (non-hydrogen) atoms. The van der Waals surface area contributed by atoms with E-state index in [9.17, 15) is 72.2 Å². The fourth-order valence-electron chi connectivity index (χ4n) is 13.0. The largest absolute Gasteiger partial charge is 0.480 e. The summed E-state index contributed by atoms with van der Waals surface area (Å²) >= 11 is 1.39. The number of guanidine groups is 1. The topological polar surface area (TPSA) is 538 Å². The van der Waals surface area contributed by atoms with Gasteiger partial charge in [0.1, 0.15) is 73.6 Å². The van der Waals surface area contributed by atoms with Crippen LogP contribution in [0.25, 0.3) is 0 Å². The summed E-state index contributed by atoms with van der Waals surface area (Å²) in [6.45, 7) is 3.03. The molecule has 2 aliphatic rings. The van der Waals surface area contributed by atoms with Crippen molar-refractivity contribution in [1.29, 1.82) is 0 Å². The molecule has 4 aromatic carbocycles. The van der Waals surface area contributed by atoms with Crippen LogP contribution in [0.5, 0.6) is 0 Å². The predicted molar refractivity (Wildman–Crippen MR) is 425 cm³/mol. The molecule has 0 bridgehead atoms. The Morgan fingerprint density at radius 2 is 0.896 bits per heavy atom. The number of aliphatic imine (C=N–C) groups is 1. The molecular weight excluding hydrogens is 1510 g/mol. The molecule has 0 radical (unpaired) electrons. The quantitative estimate of drug-likeness (QED) is 0.0165. The van der Waals surface area contributed by atoms with E-state index in [2.05, 4.69) is 58.2 Å². The lowest BCUT2D eigenvalue weighted by Crippen LogP contribution is -2.60. The molecule has 2 aliphatic heterocycles. The molecule has 6 rings (SSSR count). The van der Waals surface area contributed by atoms with Gasteiger partial charge in [-0.1, -0.05) is 135 Å². The average molecular weight is 1620 g/mol. The molecule has 4 aromatic rings. The van der Waals surface area contributed by atoms with Crippen molar-refractivity contribution in [2.45, 2.75) is 197 Å². The predicted octanol–water partition coefficient (Wildman–Crippen LogP) is 0.824. The van der Waals surface area contributed by atoms with Gasteiger partial charge in [-0.2, -0.15) is 11.8 Å². The van der Waals surface area contributed by atoms with Gasteiger partial charge in [-0.3, -0.25) is 62.5 Å². The van der Waals surface area contributed by atoms with Crippen LogP contribution < -0.4 is 76.1 Å². The molecule has 19 N–H and O–H groups in total. The van der Waals surface area contributed by atoms with E-state index in [4.69, 9.17) is 32.4 Å². The van der Waals surface area contributed by atoms with Gasteiger partial charge in [0.05, 0.1) is 6.54 Å². The zero-order chi connectivity index (χ0) is 83.8. The number of carboxylic acids is 1. The molecule has 0 spiro atoms. The van der Waals surface area contributed by atoms with E-state index in [1.54, 1.807) is 135 Å². The fraction of sp³-hybridized carbons (Fsp3) is 0.494. The molecule has 0 aliphatic carbocycles. The highest BCUT2D eigenvalue weighted by Crippen LogP contribution is 2.24. The lowest BCUT2D eigenvalue weighted by Gasteiger charge is -2.32. The first-order chi connectivity index (χ1) is 55.1. The maximum Gasteiger partial charge on any atom is 0.408 e. The minimum absolute atomic E-state index is 0.000886. The summed E-state index contributed by atoms with van der Waals surface area (Å²) in [7, 11) is 0. The van der Waals surface area contributed by atoms with E-state index < -0.39 is 182 Å². The highest BCUT2D eigenvalue weighted by atomic mass is 32.2. The van der Waals surface area contributed by atoms with Crippen LogP contribution in [0, 0.1) is 5.92 Å². The van der Waals surface area contributed by atoms with Crippen molar-refractivity contribution in [3.05, 3.63) is 144 Å². The Kier molecular flexibility index (Phi) is 39.2. The molecule has 2 heterocycles. The number of amides is 14. The normalized spacial score (nSPS) is 15.7. The van der Waals surface area contributed by atoms with Gasteiger partial charge in [-0.15, -0.1) is 0 Å². The maximum atomic E-state index is 15.2.